The highest BCUT2D eigenvalue weighted by molar-refractivity contribution is 5.95. The van der Waals surface area contributed by atoms with Crippen LogP contribution in [0.15, 0.2) is 57.9 Å². The lowest BCUT2D eigenvalue weighted by Crippen LogP contribution is -2.47. The Morgan fingerprint density at radius 2 is 1.83 bits per heavy atom. The van der Waals surface area contributed by atoms with Gasteiger partial charge in [0, 0.05) is 30.9 Å². The Labute approximate surface area is 167 Å². The maximum Gasteiger partial charge on any atom is 0.290 e. The zero-order valence-corrected chi connectivity index (χ0v) is 16.1. The number of pyridine rings is 1. The average molecular weight is 391 g/mol. The van der Waals surface area contributed by atoms with Crippen LogP contribution in [0.25, 0.3) is 11.0 Å². The summed E-state index contributed by atoms with van der Waals surface area (Å²) < 4.78 is 5.77. The van der Waals surface area contributed by atoms with E-state index in [1.54, 1.807) is 60.5 Å². The first-order valence-electron chi connectivity index (χ1n) is 9.58. The Hall–Kier alpha value is -3.48. The van der Waals surface area contributed by atoms with Gasteiger partial charge in [-0.15, -0.1) is 0 Å². The van der Waals surface area contributed by atoms with Crippen LogP contribution in [0.1, 0.15) is 39.4 Å². The minimum absolute atomic E-state index is 0.0294. The molecule has 1 N–H and O–H groups in total. The van der Waals surface area contributed by atoms with E-state index in [2.05, 4.69) is 10.3 Å². The number of para-hydroxylation sites is 1. The highest BCUT2D eigenvalue weighted by Gasteiger charge is 2.28. The highest BCUT2D eigenvalue weighted by atomic mass is 16.3. The number of nitrogens with one attached hydrogen (secondary N) is 1. The van der Waals surface area contributed by atoms with Crippen LogP contribution in [-0.4, -0.2) is 40.8 Å². The molecule has 3 heterocycles. The third kappa shape index (κ3) is 3.76. The zero-order valence-electron chi connectivity index (χ0n) is 16.1. The van der Waals surface area contributed by atoms with Crippen LogP contribution < -0.4 is 10.7 Å². The summed E-state index contributed by atoms with van der Waals surface area (Å²) in [4.78, 5) is 43.5. The summed E-state index contributed by atoms with van der Waals surface area (Å²) in [6, 6.07) is 12.1. The fraction of sp³-hybridized carbons (Fsp3) is 0.273. The highest BCUT2D eigenvalue weighted by Crippen LogP contribution is 2.19. The molecule has 2 aromatic heterocycles. The van der Waals surface area contributed by atoms with Crippen LogP contribution in [0.2, 0.25) is 0 Å². The van der Waals surface area contributed by atoms with Crippen LogP contribution in [-0.2, 0) is 0 Å². The van der Waals surface area contributed by atoms with Crippen molar-refractivity contribution in [2.75, 3.05) is 13.1 Å². The van der Waals surface area contributed by atoms with E-state index in [-0.39, 0.29) is 29.0 Å². The number of benzene rings is 1. The number of aromatic nitrogens is 1. The molecule has 7 heteroatoms. The van der Waals surface area contributed by atoms with Gasteiger partial charge in [-0.25, -0.2) is 0 Å². The molecule has 1 aromatic carbocycles. The monoisotopic (exact) mass is 391 g/mol. The Morgan fingerprint density at radius 1 is 1.10 bits per heavy atom. The van der Waals surface area contributed by atoms with E-state index in [0.717, 1.165) is 0 Å². The third-order valence-corrected chi connectivity index (χ3v) is 5.23. The van der Waals surface area contributed by atoms with Crippen molar-refractivity contribution in [3.63, 3.8) is 0 Å². The van der Waals surface area contributed by atoms with E-state index in [0.29, 0.717) is 48.2 Å². The van der Waals surface area contributed by atoms with Gasteiger partial charge in [0.25, 0.3) is 11.8 Å². The summed E-state index contributed by atoms with van der Waals surface area (Å²) in [7, 11) is 0. The lowest BCUT2D eigenvalue weighted by atomic mass is 10.0. The molecule has 0 aliphatic carbocycles. The van der Waals surface area contributed by atoms with E-state index < -0.39 is 0 Å². The molecule has 148 valence electrons. The van der Waals surface area contributed by atoms with Gasteiger partial charge in [-0.05, 0) is 44.0 Å². The molecule has 0 unspecified atom stereocenters. The van der Waals surface area contributed by atoms with Crippen molar-refractivity contribution in [2.45, 2.75) is 25.8 Å². The molecule has 1 aliphatic rings. The summed E-state index contributed by atoms with van der Waals surface area (Å²) in [5, 5.41) is 3.44. The number of nitrogens with zero attached hydrogens (tertiary/aromatic N) is 2. The molecule has 0 radical (unpaired) electrons. The van der Waals surface area contributed by atoms with Crippen LogP contribution in [0.5, 0.6) is 0 Å². The number of hydrogen-bond acceptors (Lipinski definition) is 5. The van der Waals surface area contributed by atoms with Gasteiger partial charge in [-0.2, -0.15) is 0 Å². The standard InChI is InChI=1S/C22H21N3O4/c1-14-19(26)16-6-2-3-8-18(16)29-20(14)22(28)25-12-9-15(10-13-25)24-21(27)17-7-4-5-11-23-17/h2-8,11,15H,9-10,12-13H2,1H3,(H,24,27). The number of rotatable bonds is 3. The van der Waals surface area contributed by atoms with Gasteiger partial charge in [0.2, 0.25) is 0 Å². The summed E-state index contributed by atoms with van der Waals surface area (Å²) in [5.74, 6) is -0.420. The smallest absolute Gasteiger partial charge is 0.290 e. The number of carbonyl (C=O) groups excluding carboxylic acids is 2. The number of carbonyl (C=O) groups is 2. The predicted octanol–water partition coefficient (Wildman–Crippen LogP) is 2.53. The largest absolute Gasteiger partial charge is 0.450 e. The molecule has 0 spiro atoms. The summed E-state index contributed by atoms with van der Waals surface area (Å²) in [6.07, 6.45) is 2.83. The van der Waals surface area contributed by atoms with Crippen molar-refractivity contribution in [3.05, 3.63) is 75.9 Å². The quantitative estimate of drug-likeness (QED) is 0.741. The summed E-state index contributed by atoms with van der Waals surface area (Å²) in [5.41, 5.74) is 0.913. The molecule has 1 fully saturated rings. The van der Waals surface area contributed by atoms with E-state index in [1.165, 1.54) is 0 Å². The fourth-order valence-electron chi connectivity index (χ4n) is 3.57. The minimum Gasteiger partial charge on any atom is -0.450 e. The van der Waals surface area contributed by atoms with Gasteiger partial charge < -0.3 is 14.6 Å². The number of fused-ring (bicyclic) bond motifs is 1. The average Bonchev–Trinajstić information content (AvgIpc) is 2.77. The second-order valence-corrected chi connectivity index (χ2v) is 7.14. The van der Waals surface area contributed by atoms with Crippen molar-refractivity contribution in [2.24, 2.45) is 0 Å². The van der Waals surface area contributed by atoms with Crippen LogP contribution in [0, 0.1) is 6.92 Å². The van der Waals surface area contributed by atoms with E-state index in [9.17, 15) is 14.4 Å². The molecule has 4 rings (SSSR count). The molecule has 3 aromatic rings. The number of piperidine rings is 1. The first-order chi connectivity index (χ1) is 14.0. The van der Waals surface area contributed by atoms with E-state index in [1.807, 2.05) is 0 Å². The van der Waals surface area contributed by atoms with Crippen molar-refractivity contribution in [1.29, 1.82) is 0 Å². The van der Waals surface area contributed by atoms with Crippen molar-refractivity contribution < 1.29 is 14.0 Å². The molecule has 0 saturated carbocycles. The second kappa shape index (κ2) is 7.87. The van der Waals surface area contributed by atoms with Gasteiger partial charge >= 0.3 is 0 Å². The topological polar surface area (TPSA) is 92.5 Å². The normalized spacial score (nSPS) is 14.7. The Balaban J connectivity index is 1.44. The summed E-state index contributed by atoms with van der Waals surface area (Å²) >= 11 is 0. The molecule has 7 nitrogen and oxygen atoms in total. The molecule has 0 bridgehead atoms. The first-order valence-corrected chi connectivity index (χ1v) is 9.58. The molecular formula is C22H21N3O4. The molecule has 0 atom stereocenters. The van der Waals surface area contributed by atoms with Crippen LogP contribution >= 0.6 is 0 Å². The molecule has 1 saturated heterocycles. The third-order valence-electron chi connectivity index (χ3n) is 5.23. The van der Waals surface area contributed by atoms with Crippen molar-refractivity contribution >= 4 is 22.8 Å². The Kier molecular flexibility index (Phi) is 5.12. The maximum atomic E-state index is 13.0. The van der Waals surface area contributed by atoms with E-state index in [4.69, 9.17) is 4.42 Å². The first kappa shape index (κ1) is 18.9. The minimum atomic E-state index is -0.292. The molecule has 2 amide bonds. The number of hydrogen-bond donors (Lipinski definition) is 1. The van der Waals surface area contributed by atoms with Gasteiger partial charge in [0.1, 0.15) is 11.3 Å². The molecular weight excluding hydrogens is 370 g/mol. The lowest BCUT2D eigenvalue weighted by Gasteiger charge is -2.32. The SMILES string of the molecule is Cc1c(C(=O)N2CCC(NC(=O)c3ccccn3)CC2)oc2ccccc2c1=O. The van der Waals surface area contributed by atoms with Crippen LogP contribution in [0.3, 0.4) is 0 Å². The second-order valence-electron chi connectivity index (χ2n) is 7.14. The fourth-order valence-corrected chi connectivity index (χ4v) is 3.57. The van der Waals surface area contributed by atoms with Gasteiger partial charge in [0.05, 0.1) is 5.39 Å². The lowest BCUT2D eigenvalue weighted by molar-refractivity contribution is 0.0666. The number of likely N-dealkylation sites (tertiary alicyclic amines) is 1. The van der Waals surface area contributed by atoms with Crippen molar-refractivity contribution in [1.82, 2.24) is 15.2 Å². The summed E-state index contributed by atoms with van der Waals surface area (Å²) in [6.45, 7) is 2.56. The van der Waals surface area contributed by atoms with Gasteiger partial charge in [-0.3, -0.25) is 19.4 Å². The van der Waals surface area contributed by atoms with Gasteiger partial charge in [-0.1, -0.05) is 18.2 Å². The number of amides is 2. The van der Waals surface area contributed by atoms with Crippen molar-refractivity contribution in [3.8, 4) is 0 Å². The maximum absolute atomic E-state index is 13.0. The van der Waals surface area contributed by atoms with Crippen LogP contribution in [0.4, 0.5) is 0 Å². The zero-order chi connectivity index (χ0) is 20.4. The van der Waals surface area contributed by atoms with E-state index >= 15 is 0 Å². The molecule has 1 aliphatic heterocycles. The Morgan fingerprint density at radius 3 is 2.55 bits per heavy atom. The Bertz CT molecular complexity index is 1120. The van der Waals surface area contributed by atoms with Gasteiger partial charge in [0.15, 0.2) is 11.2 Å². The predicted molar refractivity (Wildman–Crippen MR) is 108 cm³/mol. The molecule has 29 heavy (non-hydrogen) atoms.